The predicted molar refractivity (Wildman–Crippen MR) is 172 cm³/mol. The fraction of sp³-hybridized carbons (Fsp3) is 0. The molecule has 0 aliphatic rings. The number of nitrogens with zero attached hydrogens (tertiary/aromatic N) is 1. The summed E-state index contributed by atoms with van der Waals surface area (Å²) in [6.45, 7) is 0. The Balaban J connectivity index is 1.22. The number of carbonyl (C=O) groups is 3. The molecule has 0 atom stereocenters. The van der Waals surface area contributed by atoms with Crippen LogP contribution in [0.2, 0.25) is 15.1 Å². The number of hydrogen-bond acceptors (Lipinski definition) is 6. The molecule has 2 amide bonds. The molecule has 0 radical (unpaired) electrons. The summed E-state index contributed by atoms with van der Waals surface area (Å²) in [4.78, 5) is 38.4. The number of halogens is 4. The Morgan fingerprint density at radius 2 is 1.50 bits per heavy atom. The minimum absolute atomic E-state index is 0.248. The van der Waals surface area contributed by atoms with Gasteiger partial charge < -0.3 is 10.1 Å². The number of ether oxygens (including phenoxy) is 1. The quantitative estimate of drug-likeness (QED) is 0.0767. The van der Waals surface area contributed by atoms with Gasteiger partial charge in [0.1, 0.15) is 10.6 Å². The van der Waals surface area contributed by atoms with Gasteiger partial charge in [0.2, 0.25) is 0 Å². The number of nitrogens with one attached hydrogen (secondary N) is 2. The van der Waals surface area contributed by atoms with E-state index in [1.54, 1.807) is 84.9 Å². The molecule has 210 valence electrons. The van der Waals surface area contributed by atoms with E-state index >= 15 is 0 Å². The smallest absolute Gasteiger partial charge is 0.343 e. The highest BCUT2D eigenvalue weighted by Gasteiger charge is 2.18. The summed E-state index contributed by atoms with van der Waals surface area (Å²) >= 11 is 23.0. The Morgan fingerprint density at radius 3 is 2.24 bits per heavy atom. The Morgan fingerprint density at radius 1 is 0.810 bits per heavy atom. The highest BCUT2D eigenvalue weighted by atomic mass is 79.9. The molecule has 7 nitrogen and oxygen atoms in total. The van der Waals surface area contributed by atoms with Crippen LogP contribution < -0.4 is 15.5 Å². The number of benzene rings is 4. The first-order valence-electron chi connectivity index (χ1n) is 12.1. The molecule has 0 saturated heterocycles. The maximum atomic E-state index is 12.8. The van der Waals surface area contributed by atoms with Gasteiger partial charge in [0, 0.05) is 41.4 Å². The highest BCUT2D eigenvalue weighted by molar-refractivity contribution is 9.10. The maximum absolute atomic E-state index is 12.8. The second-order valence-corrected chi connectivity index (χ2v) is 11.9. The van der Waals surface area contributed by atoms with Gasteiger partial charge in [-0.25, -0.2) is 10.2 Å². The summed E-state index contributed by atoms with van der Waals surface area (Å²) in [5, 5.41) is 8.96. The fourth-order valence-corrected chi connectivity index (χ4v) is 5.95. The molecule has 1 aromatic heterocycles. The molecule has 4 aromatic carbocycles. The molecule has 0 spiro atoms. The van der Waals surface area contributed by atoms with Crippen LogP contribution in [-0.4, -0.2) is 24.0 Å². The molecular weight excluding hydrogens is 685 g/mol. The van der Waals surface area contributed by atoms with E-state index in [1.165, 1.54) is 17.6 Å². The molecule has 5 aromatic rings. The largest absolute Gasteiger partial charge is 0.422 e. The zero-order valence-electron chi connectivity index (χ0n) is 21.2. The molecule has 5 rings (SSSR count). The van der Waals surface area contributed by atoms with Crippen molar-refractivity contribution in [2.24, 2.45) is 5.10 Å². The van der Waals surface area contributed by atoms with Crippen LogP contribution in [0.25, 0.3) is 10.1 Å². The predicted octanol–water partition coefficient (Wildman–Crippen LogP) is 8.86. The minimum Gasteiger partial charge on any atom is -0.422 e. The third kappa shape index (κ3) is 7.00. The molecule has 2 N–H and O–H groups in total. The third-order valence-electron chi connectivity index (χ3n) is 5.83. The van der Waals surface area contributed by atoms with E-state index in [4.69, 9.17) is 39.5 Å². The molecule has 0 fully saturated rings. The highest BCUT2D eigenvalue weighted by Crippen LogP contribution is 2.37. The van der Waals surface area contributed by atoms with Crippen molar-refractivity contribution in [3.05, 3.63) is 126 Å². The van der Waals surface area contributed by atoms with Crippen LogP contribution in [0.15, 0.2) is 94.5 Å². The van der Waals surface area contributed by atoms with Crippen LogP contribution in [0.4, 0.5) is 5.69 Å². The van der Waals surface area contributed by atoms with Gasteiger partial charge >= 0.3 is 5.97 Å². The van der Waals surface area contributed by atoms with Crippen LogP contribution in [0.5, 0.6) is 5.75 Å². The average Bonchev–Trinajstić information content (AvgIpc) is 3.30. The number of amides is 2. The monoisotopic (exact) mass is 699 g/mol. The van der Waals surface area contributed by atoms with Crippen molar-refractivity contribution in [2.45, 2.75) is 0 Å². The molecule has 0 bridgehead atoms. The third-order valence-corrected chi connectivity index (χ3v) is 8.46. The second-order valence-electron chi connectivity index (χ2n) is 8.69. The SMILES string of the molecule is O=C(N/N=C\c1cc(Br)ccc1OC(=O)c1ccc(Cl)cc1)c1ccc(NC(=O)c2sc3cc(Cl)ccc3c2Cl)cc1. The zero-order chi connectivity index (χ0) is 29.8. The Kier molecular flexibility index (Phi) is 9.25. The summed E-state index contributed by atoms with van der Waals surface area (Å²) < 4.78 is 7.05. The second kappa shape index (κ2) is 13.1. The lowest BCUT2D eigenvalue weighted by molar-refractivity contribution is 0.0734. The van der Waals surface area contributed by atoms with Gasteiger partial charge in [-0.2, -0.15) is 5.10 Å². The first kappa shape index (κ1) is 29.8. The zero-order valence-corrected chi connectivity index (χ0v) is 25.8. The molecule has 12 heteroatoms. The van der Waals surface area contributed by atoms with E-state index in [0.29, 0.717) is 42.3 Å². The Labute approximate surface area is 267 Å². The van der Waals surface area contributed by atoms with Crippen LogP contribution in [0, 0.1) is 0 Å². The number of thiophene rings is 1. The number of fused-ring (bicyclic) bond motifs is 1. The maximum Gasteiger partial charge on any atom is 0.343 e. The number of carbonyl (C=O) groups excluding carboxylic acids is 3. The van der Waals surface area contributed by atoms with E-state index < -0.39 is 11.9 Å². The Bertz CT molecular complexity index is 1860. The van der Waals surface area contributed by atoms with Crippen molar-refractivity contribution in [3.63, 3.8) is 0 Å². The first-order chi connectivity index (χ1) is 20.2. The van der Waals surface area contributed by atoms with Gasteiger partial charge in [-0.15, -0.1) is 11.3 Å². The summed E-state index contributed by atoms with van der Waals surface area (Å²) in [5.41, 5.74) is 4.01. The lowest BCUT2D eigenvalue weighted by atomic mass is 10.2. The molecule has 0 aliphatic carbocycles. The molecule has 42 heavy (non-hydrogen) atoms. The number of anilines is 1. The van der Waals surface area contributed by atoms with Gasteiger partial charge in [0.25, 0.3) is 11.8 Å². The van der Waals surface area contributed by atoms with E-state index in [2.05, 4.69) is 31.8 Å². The Hall–Kier alpha value is -3.73. The normalized spacial score (nSPS) is 11.0. The summed E-state index contributed by atoms with van der Waals surface area (Å²) in [6.07, 6.45) is 1.36. The molecule has 0 unspecified atom stereocenters. The van der Waals surface area contributed by atoms with Crippen molar-refractivity contribution >= 4 is 102 Å². The van der Waals surface area contributed by atoms with Crippen molar-refractivity contribution in [1.29, 1.82) is 0 Å². The summed E-state index contributed by atoms with van der Waals surface area (Å²) in [5.74, 6) is -1.18. The average molecular weight is 702 g/mol. The number of hydrazone groups is 1. The van der Waals surface area contributed by atoms with Crippen molar-refractivity contribution in [1.82, 2.24) is 5.43 Å². The summed E-state index contributed by atoms with van der Waals surface area (Å²) in [6, 6.07) is 22.8. The van der Waals surface area contributed by atoms with Gasteiger partial charge in [-0.05, 0) is 78.9 Å². The van der Waals surface area contributed by atoms with Gasteiger partial charge in [0.15, 0.2) is 0 Å². The number of esters is 1. The lowest BCUT2D eigenvalue weighted by Gasteiger charge is -2.08. The van der Waals surface area contributed by atoms with Crippen molar-refractivity contribution in [2.75, 3.05) is 5.32 Å². The fourth-order valence-electron chi connectivity index (χ4n) is 3.76. The molecular formula is C30H17BrCl3N3O4S. The van der Waals surface area contributed by atoms with Gasteiger partial charge in [-0.1, -0.05) is 56.8 Å². The molecule has 0 saturated carbocycles. The number of rotatable bonds is 7. The topological polar surface area (TPSA) is 96.9 Å². The minimum atomic E-state index is -0.570. The molecule has 0 aliphatic heterocycles. The van der Waals surface area contributed by atoms with E-state index in [0.717, 1.165) is 14.6 Å². The van der Waals surface area contributed by atoms with Crippen molar-refractivity contribution < 1.29 is 19.1 Å². The van der Waals surface area contributed by atoms with Crippen LogP contribution in [-0.2, 0) is 0 Å². The van der Waals surface area contributed by atoms with Gasteiger partial charge in [0.05, 0.1) is 16.8 Å². The first-order valence-corrected chi connectivity index (χ1v) is 14.8. The van der Waals surface area contributed by atoms with E-state index in [9.17, 15) is 14.4 Å². The van der Waals surface area contributed by atoms with Gasteiger partial charge in [-0.3, -0.25) is 9.59 Å². The van der Waals surface area contributed by atoms with Crippen LogP contribution in [0.3, 0.4) is 0 Å². The lowest BCUT2D eigenvalue weighted by Crippen LogP contribution is -2.18. The number of hydrogen-bond donors (Lipinski definition) is 2. The molecule has 1 heterocycles. The standard InChI is InChI=1S/C30H17BrCl3N3O4S/c31-19-5-12-24(41-30(40)17-1-6-20(32)7-2-17)18(13-19)15-35-37-28(38)16-3-9-22(10-4-16)36-29(39)27-26(34)23-11-8-21(33)14-25(23)42-27/h1-15H,(H,36,39)(H,37,38)/b35-15-. The van der Waals surface area contributed by atoms with Crippen LogP contribution >= 0.6 is 62.1 Å². The van der Waals surface area contributed by atoms with E-state index in [-0.39, 0.29) is 11.7 Å². The van der Waals surface area contributed by atoms with Crippen LogP contribution in [0.1, 0.15) is 36.0 Å². The van der Waals surface area contributed by atoms with E-state index in [1.807, 2.05) is 0 Å². The van der Waals surface area contributed by atoms with Crippen molar-refractivity contribution in [3.8, 4) is 5.75 Å². The summed E-state index contributed by atoms with van der Waals surface area (Å²) in [7, 11) is 0.